The molecule has 0 atom stereocenters. The van der Waals surface area contributed by atoms with Gasteiger partial charge in [0.05, 0.1) is 6.61 Å². The average Bonchev–Trinajstić information content (AvgIpc) is 2.59. The first-order chi connectivity index (χ1) is 11.9. The predicted octanol–water partition coefficient (Wildman–Crippen LogP) is 5.86. The SMILES string of the molecule is CC(C)(C)c1ccc2cc(-c3ccnc(Cl)c3C=CCO)ccc2c1. The Kier molecular flexibility index (Phi) is 4.94. The third-order valence-corrected chi connectivity index (χ3v) is 4.65. The van der Waals surface area contributed by atoms with E-state index in [1.165, 1.54) is 16.3 Å². The zero-order chi connectivity index (χ0) is 18.0. The van der Waals surface area contributed by atoms with Crippen molar-refractivity contribution < 1.29 is 5.11 Å². The van der Waals surface area contributed by atoms with Crippen molar-refractivity contribution in [1.29, 1.82) is 0 Å². The normalized spacial score (nSPS) is 12.2. The molecule has 0 saturated carbocycles. The van der Waals surface area contributed by atoms with Gasteiger partial charge >= 0.3 is 0 Å². The first-order valence-electron chi connectivity index (χ1n) is 8.37. The molecule has 0 spiro atoms. The summed E-state index contributed by atoms with van der Waals surface area (Å²) in [6.07, 6.45) is 5.20. The van der Waals surface area contributed by atoms with Crippen LogP contribution in [0.15, 0.2) is 54.7 Å². The fraction of sp³-hybridized carbons (Fsp3) is 0.227. The van der Waals surface area contributed by atoms with Crippen molar-refractivity contribution in [1.82, 2.24) is 4.98 Å². The molecule has 0 saturated heterocycles. The van der Waals surface area contributed by atoms with Crippen molar-refractivity contribution in [2.75, 3.05) is 6.61 Å². The molecule has 1 N–H and O–H groups in total. The molecule has 2 nitrogen and oxygen atoms in total. The van der Waals surface area contributed by atoms with Crippen molar-refractivity contribution in [2.45, 2.75) is 26.2 Å². The molecule has 128 valence electrons. The number of pyridine rings is 1. The van der Waals surface area contributed by atoms with Crippen LogP contribution in [0.1, 0.15) is 31.9 Å². The number of rotatable bonds is 3. The molecule has 0 bridgehead atoms. The van der Waals surface area contributed by atoms with Crippen LogP contribution in [-0.2, 0) is 5.41 Å². The summed E-state index contributed by atoms with van der Waals surface area (Å²) in [6, 6.07) is 15.0. The molecule has 1 heterocycles. The fourth-order valence-electron chi connectivity index (χ4n) is 2.91. The van der Waals surface area contributed by atoms with Crippen LogP contribution in [0, 0.1) is 0 Å². The molecule has 0 radical (unpaired) electrons. The third kappa shape index (κ3) is 3.76. The Hall–Kier alpha value is -2.16. The molecule has 0 aliphatic carbocycles. The molecule has 3 heteroatoms. The Balaban J connectivity index is 2.12. The number of fused-ring (bicyclic) bond motifs is 1. The van der Waals surface area contributed by atoms with Gasteiger partial charge in [0, 0.05) is 11.8 Å². The number of aromatic nitrogens is 1. The Bertz CT molecular complexity index is 938. The number of hydrogen-bond acceptors (Lipinski definition) is 2. The highest BCUT2D eigenvalue weighted by Gasteiger charge is 2.14. The van der Waals surface area contributed by atoms with Gasteiger partial charge in [-0.2, -0.15) is 0 Å². The fourth-order valence-corrected chi connectivity index (χ4v) is 3.13. The smallest absolute Gasteiger partial charge is 0.136 e. The maximum atomic E-state index is 9.06. The summed E-state index contributed by atoms with van der Waals surface area (Å²) in [6.45, 7) is 6.64. The minimum Gasteiger partial charge on any atom is -0.392 e. The van der Waals surface area contributed by atoms with Gasteiger partial charge in [-0.25, -0.2) is 4.98 Å². The number of halogens is 1. The Morgan fingerprint density at radius 1 is 1.04 bits per heavy atom. The molecule has 25 heavy (non-hydrogen) atoms. The third-order valence-electron chi connectivity index (χ3n) is 4.35. The molecular weight excluding hydrogens is 330 g/mol. The van der Waals surface area contributed by atoms with Crippen LogP contribution in [0.3, 0.4) is 0 Å². The molecule has 0 fully saturated rings. The van der Waals surface area contributed by atoms with Gasteiger partial charge in [-0.15, -0.1) is 0 Å². The lowest BCUT2D eigenvalue weighted by molar-refractivity contribution is 0.343. The lowest BCUT2D eigenvalue weighted by Crippen LogP contribution is -2.10. The van der Waals surface area contributed by atoms with Crippen molar-refractivity contribution >= 4 is 28.4 Å². The largest absolute Gasteiger partial charge is 0.392 e. The molecule has 3 aromatic rings. The second-order valence-electron chi connectivity index (χ2n) is 7.17. The Labute approximate surface area is 153 Å². The summed E-state index contributed by atoms with van der Waals surface area (Å²) in [7, 11) is 0. The average molecular weight is 352 g/mol. The van der Waals surface area contributed by atoms with Crippen molar-refractivity contribution in [3.05, 3.63) is 71.0 Å². The van der Waals surface area contributed by atoms with E-state index in [9.17, 15) is 0 Å². The molecule has 0 unspecified atom stereocenters. The van der Waals surface area contributed by atoms with Gasteiger partial charge in [-0.1, -0.05) is 74.9 Å². The van der Waals surface area contributed by atoms with E-state index in [0.29, 0.717) is 5.15 Å². The maximum absolute atomic E-state index is 9.06. The van der Waals surface area contributed by atoms with E-state index in [2.05, 4.69) is 62.2 Å². The van der Waals surface area contributed by atoms with E-state index in [4.69, 9.17) is 16.7 Å². The second-order valence-corrected chi connectivity index (χ2v) is 7.53. The van der Waals surface area contributed by atoms with E-state index in [-0.39, 0.29) is 12.0 Å². The minimum absolute atomic E-state index is 0.0298. The van der Waals surface area contributed by atoms with Crippen molar-refractivity contribution in [3.8, 4) is 11.1 Å². The van der Waals surface area contributed by atoms with Crippen LogP contribution in [0.4, 0.5) is 0 Å². The standard InChI is InChI=1S/C22H22ClNO/c1-22(2,3)18-9-8-15-13-17(7-6-16(15)14-18)19-10-11-24-21(23)20(19)5-4-12-25/h4-11,13-14,25H,12H2,1-3H3. The van der Waals surface area contributed by atoms with Gasteiger partial charge in [-0.3, -0.25) is 0 Å². The summed E-state index contributed by atoms with van der Waals surface area (Å²) < 4.78 is 0. The minimum atomic E-state index is -0.0298. The highest BCUT2D eigenvalue weighted by Crippen LogP contribution is 2.32. The quantitative estimate of drug-likeness (QED) is 0.599. The van der Waals surface area contributed by atoms with Crippen LogP contribution >= 0.6 is 11.6 Å². The number of nitrogens with zero attached hydrogens (tertiary/aromatic N) is 1. The molecular formula is C22H22ClNO. The van der Waals surface area contributed by atoms with Gasteiger partial charge < -0.3 is 5.11 Å². The predicted molar refractivity (Wildman–Crippen MR) is 107 cm³/mol. The topological polar surface area (TPSA) is 33.1 Å². The number of aliphatic hydroxyl groups is 1. The molecule has 3 rings (SSSR count). The van der Waals surface area contributed by atoms with E-state index in [1.807, 2.05) is 12.1 Å². The molecule has 0 aliphatic rings. The Morgan fingerprint density at radius 3 is 2.48 bits per heavy atom. The highest BCUT2D eigenvalue weighted by atomic mass is 35.5. The van der Waals surface area contributed by atoms with Crippen LogP contribution in [0.25, 0.3) is 28.0 Å². The second kappa shape index (κ2) is 6.99. The molecule has 0 aliphatic heterocycles. The lowest BCUT2D eigenvalue weighted by atomic mass is 9.85. The van der Waals surface area contributed by atoms with Gasteiger partial charge in [0.25, 0.3) is 0 Å². The van der Waals surface area contributed by atoms with Crippen LogP contribution in [0.5, 0.6) is 0 Å². The Morgan fingerprint density at radius 2 is 1.76 bits per heavy atom. The molecule has 1 aromatic heterocycles. The van der Waals surface area contributed by atoms with E-state index in [0.717, 1.165) is 16.7 Å². The van der Waals surface area contributed by atoms with Crippen molar-refractivity contribution in [2.24, 2.45) is 0 Å². The number of benzene rings is 2. The lowest BCUT2D eigenvalue weighted by Gasteiger charge is -2.19. The zero-order valence-corrected chi connectivity index (χ0v) is 15.5. The molecule has 2 aromatic carbocycles. The number of hydrogen-bond donors (Lipinski definition) is 1. The summed E-state index contributed by atoms with van der Waals surface area (Å²) in [5, 5.41) is 11.9. The van der Waals surface area contributed by atoms with Crippen LogP contribution < -0.4 is 0 Å². The number of aliphatic hydroxyl groups excluding tert-OH is 1. The van der Waals surface area contributed by atoms with Crippen LogP contribution in [-0.4, -0.2) is 16.7 Å². The van der Waals surface area contributed by atoms with Gasteiger partial charge in [0.1, 0.15) is 5.15 Å². The van der Waals surface area contributed by atoms with Gasteiger partial charge in [0.2, 0.25) is 0 Å². The summed E-state index contributed by atoms with van der Waals surface area (Å²) in [5.41, 5.74) is 4.37. The van der Waals surface area contributed by atoms with E-state index >= 15 is 0 Å². The monoisotopic (exact) mass is 351 g/mol. The summed E-state index contributed by atoms with van der Waals surface area (Å²) in [4.78, 5) is 4.15. The highest BCUT2D eigenvalue weighted by molar-refractivity contribution is 6.31. The van der Waals surface area contributed by atoms with E-state index in [1.54, 1.807) is 12.3 Å². The van der Waals surface area contributed by atoms with Gasteiger partial charge in [-0.05, 0) is 45.0 Å². The zero-order valence-electron chi connectivity index (χ0n) is 14.8. The summed E-state index contributed by atoms with van der Waals surface area (Å²) in [5.74, 6) is 0. The van der Waals surface area contributed by atoms with E-state index < -0.39 is 0 Å². The van der Waals surface area contributed by atoms with Crippen molar-refractivity contribution in [3.63, 3.8) is 0 Å². The van der Waals surface area contributed by atoms with Crippen LogP contribution in [0.2, 0.25) is 5.15 Å². The van der Waals surface area contributed by atoms with Gasteiger partial charge in [0.15, 0.2) is 0 Å². The molecule has 0 amide bonds. The maximum Gasteiger partial charge on any atom is 0.136 e. The summed E-state index contributed by atoms with van der Waals surface area (Å²) >= 11 is 6.26. The first-order valence-corrected chi connectivity index (χ1v) is 8.74. The first kappa shape index (κ1) is 17.7.